The molecule has 1 aromatic carbocycles. The maximum atomic E-state index is 6.23. The fourth-order valence-electron chi connectivity index (χ4n) is 2.81. The van der Waals surface area contributed by atoms with Gasteiger partial charge in [0.2, 0.25) is 0 Å². The average molecular weight is 298 g/mol. The summed E-state index contributed by atoms with van der Waals surface area (Å²) in [5.41, 5.74) is 6.79. The summed E-state index contributed by atoms with van der Waals surface area (Å²) >= 11 is 6.19. The molecule has 3 nitrogen and oxygen atoms in total. The lowest BCUT2D eigenvalue weighted by atomic mass is 9.96. The molecule has 1 saturated carbocycles. The maximum absolute atomic E-state index is 6.23. The molecular formula is C16H24ClNO2. The maximum Gasteiger partial charge on any atom is 0.165 e. The number of nitrogens with two attached hydrogens (primary N) is 1. The van der Waals surface area contributed by atoms with Crippen LogP contribution in [0.3, 0.4) is 0 Å². The summed E-state index contributed by atoms with van der Waals surface area (Å²) in [6.07, 6.45) is 5.94. The third kappa shape index (κ3) is 3.58. The summed E-state index contributed by atoms with van der Waals surface area (Å²) < 4.78 is 11.7. The normalized spacial score (nSPS) is 17.2. The summed E-state index contributed by atoms with van der Waals surface area (Å²) in [4.78, 5) is 0. The zero-order valence-electron chi connectivity index (χ0n) is 12.3. The van der Waals surface area contributed by atoms with Crippen molar-refractivity contribution in [1.29, 1.82) is 0 Å². The highest BCUT2D eigenvalue weighted by Crippen LogP contribution is 2.41. The number of hydrogen-bond donors (Lipinski definition) is 1. The van der Waals surface area contributed by atoms with E-state index in [0.29, 0.717) is 23.6 Å². The Morgan fingerprint density at radius 1 is 1.35 bits per heavy atom. The minimum absolute atomic E-state index is 0.300. The first kappa shape index (κ1) is 15.5. The third-order valence-electron chi connectivity index (χ3n) is 3.99. The van der Waals surface area contributed by atoms with Gasteiger partial charge in [0.25, 0.3) is 0 Å². The fraction of sp³-hybridized carbons (Fsp3) is 0.625. The van der Waals surface area contributed by atoms with Crippen LogP contribution in [0.5, 0.6) is 11.5 Å². The van der Waals surface area contributed by atoms with Gasteiger partial charge in [-0.25, -0.2) is 0 Å². The van der Waals surface area contributed by atoms with Gasteiger partial charge < -0.3 is 15.2 Å². The lowest BCUT2D eigenvalue weighted by molar-refractivity contribution is 0.197. The molecule has 1 unspecified atom stereocenters. The highest BCUT2D eigenvalue weighted by molar-refractivity contribution is 6.30. The van der Waals surface area contributed by atoms with E-state index < -0.39 is 0 Å². The van der Waals surface area contributed by atoms with Gasteiger partial charge in [-0.05, 0) is 50.6 Å². The lowest BCUT2D eigenvalue weighted by Gasteiger charge is -2.22. The van der Waals surface area contributed by atoms with Crippen LogP contribution >= 0.6 is 11.6 Å². The SMILES string of the molecule is COc1cc(Cl)cc(C(C)CCN)c1OC1CCCC1. The molecule has 1 aliphatic rings. The summed E-state index contributed by atoms with van der Waals surface area (Å²) in [6, 6.07) is 3.80. The number of halogens is 1. The predicted octanol–water partition coefficient (Wildman–Crippen LogP) is 4.12. The van der Waals surface area contributed by atoms with Crippen LogP contribution in [0.1, 0.15) is 50.5 Å². The molecule has 0 aromatic heterocycles. The van der Waals surface area contributed by atoms with Gasteiger partial charge in [0.05, 0.1) is 13.2 Å². The highest BCUT2D eigenvalue weighted by Gasteiger charge is 2.23. The van der Waals surface area contributed by atoms with Crippen molar-refractivity contribution in [3.8, 4) is 11.5 Å². The van der Waals surface area contributed by atoms with Gasteiger partial charge in [0, 0.05) is 16.7 Å². The van der Waals surface area contributed by atoms with E-state index in [2.05, 4.69) is 6.92 Å². The first-order valence-electron chi connectivity index (χ1n) is 7.39. The van der Waals surface area contributed by atoms with Gasteiger partial charge in [0.1, 0.15) is 0 Å². The van der Waals surface area contributed by atoms with Crippen LogP contribution in [0, 0.1) is 0 Å². The van der Waals surface area contributed by atoms with E-state index in [1.165, 1.54) is 12.8 Å². The molecule has 1 atom stereocenters. The fourth-order valence-corrected chi connectivity index (χ4v) is 3.03. The second kappa shape index (κ2) is 7.19. The topological polar surface area (TPSA) is 44.5 Å². The second-order valence-electron chi connectivity index (χ2n) is 5.53. The van der Waals surface area contributed by atoms with Crippen LogP contribution < -0.4 is 15.2 Å². The van der Waals surface area contributed by atoms with Crippen molar-refractivity contribution in [3.63, 3.8) is 0 Å². The van der Waals surface area contributed by atoms with Crippen molar-refractivity contribution in [1.82, 2.24) is 0 Å². The largest absolute Gasteiger partial charge is 0.493 e. The molecule has 1 fully saturated rings. The van der Waals surface area contributed by atoms with Crippen molar-refractivity contribution in [2.75, 3.05) is 13.7 Å². The molecule has 1 aliphatic carbocycles. The van der Waals surface area contributed by atoms with E-state index in [0.717, 1.165) is 36.3 Å². The standard InChI is InChI=1S/C16H24ClNO2/c1-11(7-8-18)14-9-12(17)10-15(19-2)16(14)20-13-5-3-4-6-13/h9-11,13H,3-8,18H2,1-2H3. The first-order valence-corrected chi connectivity index (χ1v) is 7.77. The Bertz CT molecular complexity index is 444. The molecular weight excluding hydrogens is 274 g/mol. The first-order chi connectivity index (χ1) is 9.65. The van der Waals surface area contributed by atoms with Crippen molar-refractivity contribution < 1.29 is 9.47 Å². The monoisotopic (exact) mass is 297 g/mol. The molecule has 0 amide bonds. The lowest BCUT2D eigenvalue weighted by Crippen LogP contribution is -2.14. The van der Waals surface area contributed by atoms with E-state index >= 15 is 0 Å². The summed E-state index contributed by atoms with van der Waals surface area (Å²) in [6.45, 7) is 2.80. The Hall–Kier alpha value is -0.930. The molecule has 0 radical (unpaired) electrons. The molecule has 0 saturated heterocycles. The van der Waals surface area contributed by atoms with Gasteiger partial charge in [-0.1, -0.05) is 18.5 Å². The Balaban J connectivity index is 2.33. The second-order valence-corrected chi connectivity index (χ2v) is 5.97. The zero-order valence-corrected chi connectivity index (χ0v) is 13.1. The van der Waals surface area contributed by atoms with Crippen LogP contribution in [-0.2, 0) is 0 Å². The number of ether oxygens (including phenoxy) is 2. The van der Waals surface area contributed by atoms with Gasteiger partial charge in [-0.3, -0.25) is 0 Å². The van der Waals surface area contributed by atoms with Crippen LogP contribution in [0.25, 0.3) is 0 Å². The van der Waals surface area contributed by atoms with E-state index in [-0.39, 0.29) is 0 Å². The number of rotatable bonds is 6. The van der Waals surface area contributed by atoms with Crippen LogP contribution in [-0.4, -0.2) is 19.8 Å². The quantitative estimate of drug-likeness (QED) is 0.859. The van der Waals surface area contributed by atoms with Gasteiger partial charge >= 0.3 is 0 Å². The molecule has 2 rings (SSSR count). The minimum Gasteiger partial charge on any atom is -0.493 e. The summed E-state index contributed by atoms with van der Waals surface area (Å²) in [5, 5.41) is 0.680. The molecule has 112 valence electrons. The molecule has 1 aromatic rings. The Kier molecular flexibility index (Phi) is 5.55. The zero-order chi connectivity index (χ0) is 14.5. The summed E-state index contributed by atoms with van der Waals surface area (Å²) in [5.74, 6) is 1.89. The van der Waals surface area contributed by atoms with Crippen LogP contribution in [0.4, 0.5) is 0 Å². The third-order valence-corrected chi connectivity index (χ3v) is 4.20. The minimum atomic E-state index is 0.300. The number of hydrogen-bond acceptors (Lipinski definition) is 3. The van der Waals surface area contributed by atoms with Crippen molar-refractivity contribution >= 4 is 11.6 Å². The van der Waals surface area contributed by atoms with Gasteiger partial charge in [-0.15, -0.1) is 0 Å². The predicted molar refractivity (Wildman–Crippen MR) is 83.0 cm³/mol. The Labute approximate surface area is 126 Å². The molecule has 0 spiro atoms. The number of methoxy groups -OCH3 is 1. The molecule has 0 heterocycles. The van der Waals surface area contributed by atoms with E-state index in [4.69, 9.17) is 26.8 Å². The average Bonchev–Trinajstić information content (AvgIpc) is 2.93. The van der Waals surface area contributed by atoms with Crippen molar-refractivity contribution in [2.45, 2.75) is 51.0 Å². The van der Waals surface area contributed by atoms with Crippen LogP contribution in [0.2, 0.25) is 5.02 Å². The molecule has 4 heteroatoms. The van der Waals surface area contributed by atoms with E-state index in [9.17, 15) is 0 Å². The summed E-state index contributed by atoms with van der Waals surface area (Å²) in [7, 11) is 1.66. The van der Waals surface area contributed by atoms with Gasteiger partial charge in [0.15, 0.2) is 11.5 Å². The van der Waals surface area contributed by atoms with Crippen molar-refractivity contribution in [2.24, 2.45) is 5.73 Å². The molecule has 0 aliphatic heterocycles. The smallest absolute Gasteiger partial charge is 0.165 e. The molecule has 0 bridgehead atoms. The van der Waals surface area contributed by atoms with Crippen LogP contribution in [0.15, 0.2) is 12.1 Å². The molecule has 2 N–H and O–H groups in total. The highest BCUT2D eigenvalue weighted by atomic mass is 35.5. The molecule has 20 heavy (non-hydrogen) atoms. The Morgan fingerprint density at radius 3 is 2.65 bits per heavy atom. The number of benzene rings is 1. The van der Waals surface area contributed by atoms with E-state index in [1.807, 2.05) is 12.1 Å². The van der Waals surface area contributed by atoms with Crippen molar-refractivity contribution in [3.05, 3.63) is 22.7 Å². The Morgan fingerprint density at radius 2 is 2.05 bits per heavy atom. The van der Waals surface area contributed by atoms with E-state index in [1.54, 1.807) is 7.11 Å². The van der Waals surface area contributed by atoms with Gasteiger partial charge in [-0.2, -0.15) is 0 Å².